The summed E-state index contributed by atoms with van der Waals surface area (Å²) >= 11 is 3.30. The van der Waals surface area contributed by atoms with E-state index in [2.05, 4.69) is 31.2 Å². The topological polar surface area (TPSA) is 56.3 Å². The van der Waals surface area contributed by atoms with Gasteiger partial charge in [-0.25, -0.2) is 9.97 Å². The van der Waals surface area contributed by atoms with Gasteiger partial charge in [-0.15, -0.1) is 0 Å². The van der Waals surface area contributed by atoms with Crippen molar-refractivity contribution >= 4 is 21.9 Å². The molecular weight excluding hydrogens is 286 g/mol. The van der Waals surface area contributed by atoms with Gasteiger partial charge in [-0.2, -0.15) is 0 Å². The summed E-state index contributed by atoms with van der Waals surface area (Å²) in [6.45, 7) is 2.20. The third-order valence-electron chi connectivity index (χ3n) is 3.03. The van der Waals surface area contributed by atoms with Crippen LogP contribution in [-0.2, 0) is 9.47 Å². The van der Waals surface area contributed by atoms with Gasteiger partial charge in [-0.1, -0.05) is 0 Å². The molecule has 2 rings (SSSR count). The van der Waals surface area contributed by atoms with Crippen LogP contribution < -0.4 is 5.32 Å². The van der Waals surface area contributed by atoms with Crippen LogP contribution in [0, 0.1) is 0 Å². The summed E-state index contributed by atoms with van der Waals surface area (Å²) in [5.41, 5.74) is -0.158. The van der Waals surface area contributed by atoms with Crippen LogP contribution in [0.5, 0.6) is 0 Å². The van der Waals surface area contributed by atoms with E-state index >= 15 is 0 Å². The fourth-order valence-electron chi connectivity index (χ4n) is 1.84. The predicted molar refractivity (Wildman–Crippen MR) is 68.0 cm³/mol. The number of aromatic nitrogens is 2. The number of nitrogens with one attached hydrogen (secondary N) is 1. The highest BCUT2D eigenvalue weighted by Crippen LogP contribution is 2.24. The van der Waals surface area contributed by atoms with Crippen molar-refractivity contribution in [3.63, 3.8) is 0 Å². The molecule has 5 nitrogen and oxygen atoms in total. The molecule has 0 spiro atoms. The van der Waals surface area contributed by atoms with Crippen LogP contribution in [0.15, 0.2) is 16.9 Å². The van der Waals surface area contributed by atoms with Crippen molar-refractivity contribution in [3.05, 3.63) is 16.9 Å². The van der Waals surface area contributed by atoms with Crippen molar-refractivity contribution in [2.45, 2.75) is 18.4 Å². The van der Waals surface area contributed by atoms with Crippen molar-refractivity contribution in [1.82, 2.24) is 9.97 Å². The Morgan fingerprint density at radius 2 is 2.06 bits per heavy atom. The summed E-state index contributed by atoms with van der Waals surface area (Å²) in [6.07, 6.45) is 5.23. The molecule has 94 valence electrons. The van der Waals surface area contributed by atoms with Crippen LogP contribution in [0.25, 0.3) is 0 Å². The summed E-state index contributed by atoms with van der Waals surface area (Å²) in [4.78, 5) is 8.34. The van der Waals surface area contributed by atoms with Crippen molar-refractivity contribution in [2.24, 2.45) is 0 Å². The minimum atomic E-state index is -0.158. The average Bonchev–Trinajstić information content (AvgIpc) is 2.39. The van der Waals surface area contributed by atoms with Crippen LogP contribution in [0.1, 0.15) is 12.8 Å². The van der Waals surface area contributed by atoms with Crippen LogP contribution in [-0.4, -0.2) is 42.4 Å². The maximum atomic E-state index is 5.62. The zero-order valence-electron chi connectivity index (χ0n) is 9.78. The molecule has 2 heterocycles. The molecule has 17 heavy (non-hydrogen) atoms. The zero-order valence-corrected chi connectivity index (χ0v) is 11.4. The first-order chi connectivity index (χ1) is 8.24. The largest absolute Gasteiger partial charge is 0.381 e. The monoisotopic (exact) mass is 301 g/mol. The fraction of sp³-hybridized carbons (Fsp3) is 0.636. The highest BCUT2D eigenvalue weighted by molar-refractivity contribution is 9.10. The van der Waals surface area contributed by atoms with Crippen LogP contribution in [0.3, 0.4) is 0 Å². The molecule has 0 amide bonds. The molecule has 1 saturated heterocycles. The van der Waals surface area contributed by atoms with E-state index in [-0.39, 0.29) is 5.60 Å². The lowest BCUT2D eigenvalue weighted by Crippen LogP contribution is -2.44. The minimum absolute atomic E-state index is 0.158. The number of anilines is 1. The highest BCUT2D eigenvalue weighted by atomic mass is 79.9. The molecule has 1 N–H and O–H groups in total. The smallest absolute Gasteiger partial charge is 0.222 e. The summed E-state index contributed by atoms with van der Waals surface area (Å²) in [6, 6.07) is 0. The molecule has 0 bridgehead atoms. The Hall–Kier alpha value is -0.720. The summed E-state index contributed by atoms with van der Waals surface area (Å²) in [5.74, 6) is 0.621. The van der Waals surface area contributed by atoms with Crippen LogP contribution in [0.4, 0.5) is 5.95 Å². The second-order valence-electron chi connectivity index (χ2n) is 4.08. The van der Waals surface area contributed by atoms with Gasteiger partial charge in [-0.05, 0) is 15.9 Å². The second kappa shape index (κ2) is 5.75. The lowest BCUT2D eigenvalue weighted by atomic mass is 9.94. The molecule has 0 atom stereocenters. The number of hydrogen-bond acceptors (Lipinski definition) is 5. The molecule has 1 aromatic rings. The Labute approximate surface area is 109 Å². The Bertz CT molecular complexity index is 352. The molecule has 1 aromatic heterocycles. The number of ether oxygens (including phenoxy) is 2. The zero-order chi connectivity index (χ0) is 12.1. The minimum Gasteiger partial charge on any atom is -0.381 e. The maximum absolute atomic E-state index is 5.62. The first-order valence-electron chi connectivity index (χ1n) is 5.58. The van der Waals surface area contributed by atoms with Gasteiger partial charge >= 0.3 is 0 Å². The SMILES string of the molecule is COC1(CNc2ncc(Br)cn2)CCOCC1. The molecular formula is C11H16BrN3O2. The van der Waals surface area contributed by atoms with Gasteiger partial charge < -0.3 is 14.8 Å². The van der Waals surface area contributed by atoms with Crippen LogP contribution in [0.2, 0.25) is 0 Å². The van der Waals surface area contributed by atoms with E-state index < -0.39 is 0 Å². The molecule has 0 saturated carbocycles. The quantitative estimate of drug-likeness (QED) is 0.920. The molecule has 0 aliphatic carbocycles. The highest BCUT2D eigenvalue weighted by Gasteiger charge is 2.32. The van der Waals surface area contributed by atoms with E-state index in [1.165, 1.54) is 0 Å². The summed E-state index contributed by atoms with van der Waals surface area (Å²) < 4.78 is 11.8. The van der Waals surface area contributed by atoms with Crippen molar-refractivity contribution in [3.8, 4) is 0 Å². The summed E-state index contributed by atoms with van der Waals surface area (Å²) in [7, 11) is 1.75. The predicted octanol–water partition coefficient (Wildman–Crippen LogP) is 1.85. The normalized spacial score (nSPS) is 18.9. The number of rotatable bonds is 4. The van der Waals surface area contributed by atoms with E-state index in [4.69, 9.17) is 9.47 Å². The molecule has 6 heteroatoms. The van der Waals surface area contributed by atoms with E-state index in [0.717, 1.165) is 30.5 Å². The lowest BCUT2D eigenvalue weighted by Gasteiger charge is -2.35. The number of nitrogens with zero attached hydrogens (tertiary/aromatic N) is 2. The lowest BCUT2D eigenvalue weighted by molar-refractivity contribution is -0.0807. The van der Waals surface area contributed by atoms with Crippen molar-refractivity contribution in [2.75, 3.05) is 32.2 Å². The molecule has 1 fully saturated rings. The molecule has 1 aliphatic heterocycles. The van der Waals surface area contributed by atoms with E-state index in [0.29, 0.717) is 12.5 Å². The molecule has 0 aromatic carbocycles. The molecule has 1 aliphatic rings. The first-order valence-corrected chi connectivity index (χ1v) is 6.38. The standard InChI is InChI=1S/C11H16BrN3O2/c1-16-11(2-4-17-5-3-11)8-15-10-13-6-9(12)7-14-10/h6-7H,2-5,8H2,1H3,(H,13,14,15). The van der Waals surface area contributed by atoms with Gasteiger partial charge in [0, 0.05) is 52.1 Å². The van der Waals surface area contributed by atoms with Gasteiger partial charge in [0.15, 0.2) is 0 Å². The third-order valence-corrected chi connectivity index (χ3v) is 3.44. The second-order valence-corrected chi connectivity index (χ2v) is 4.99. The van der Waals surface area contributed by atoms with Gasteiger partial charge in [0.2, 0.25) is 5.95 Å². The van der Waals surface area contributed by atoms with E-state index in [9.17, 15) is 0 Å². The Morgan fingerprint density at radius 3 is 2.65 bits per heavy atom. The van der Waals surface area contributed by atoms with Gasteiger partial charge in [0.25, 0.3) is 0 Å². The summed E-state index contributed by atoms with van der Waals surface area (Å²) in [5, 5.41) is 3.21. The maximum Gasteiger partial charge on any atom is 0.222 e. The van der Waals surface area contributed by atoms with Crippen molar-refractivity contribution < 1.29 is 9.47 Å². The molecule has 0 radical (unpaired) electrons. The molecule has 0 unspecified atom stereocenters. The first kappa shape index (κ1) is 12.7. The third kappa shape index (κ3) is 3.37. The van der Waals surface area contributed by atoms with E-state index in [1.807, 2.05) is 0 Å². The average molecular weight is 302 g/mol. The van der Waals surface area contributed by atoms with E-state index in [1.54, 1.807) is 19.5 Å². The van der Waals surface area contributed by atoms with Gasteiger partial charge in [-0.3, -0.25) is 0 Å². The van der Waals surface area contributed by atoms with Gasteiger partial charge in [0.05, 0.1) is 10.1 Å². The Balaban J connectivity index is 1.93. The Kier molecular flexibility index (Phi) is 4.31. The van der Waals surface area contributed by atoms with Crippen LogP contribution >= 0.6 is 15.9 Å². The Morgan fingerprint density at radius 1 is 1.41 bits per heavy atom. The number of hydrogen-bond donors (Lipinski definition) is 1. The van der Waals surface area contributed by atoms with Crippen molar-refractivity contribution in [1.29, 1.82) is 0 Å². The fourth-order valence-corrected chi connectivity index (χ4v) is 2.04. The van der Waals surface area contributed by atoms with Gasteiger partial charge in [0.1, 0.15) is 0 Å². The number of methoxy groups -OCH3 is 1. The number of halogens is 1.